The third-order valence-electron chi connectivity index (χ3n) is 2.68. The lowest BCUT2D eigenvalue weighted by Crippen LogP contribution is -2.05. The van der Waals surface area contributed by atoms with Crippen LogP contribution >= 0.6 is 0 Å². The van der Waals surface area contributed by atoms with Crippen molar-refractivity contribution < 1.29 is 26.3 Å². The maximum Gasteiger partial charge on any atom is 0.170 e. The van der Waals surface area contributed by atoms with Gasteiger partial charge in [0.15, 0.2) is 23.3 Å². The van der Waals surface area contributed by atoms with Crippen molar-refractivity contribution in [3.05, 3.63) is 59.9 Å². The van der Waals surface area contributed by atoms with Gasteiger partial charge in [-0.2, -0.15) is 0 Å². The van der Waals surface area contributed by atoms with Gasteiger partial charge in [-0.3, -0.25) is 0 Å². The van der Waals surface area contributed by atoms with E-state index in [1.165, 1.54) is 0 Å². The molecule has 0 saturated heterocycles. The van der Waals surface area contributed by atoms with E-state index in [1.54, 1.807) is 0 Å². The number of rotatable bonds is 2. The van der Waals surface area contributed by atoms with Crippen LogP contribution in [0, 0.1) is 48.2 Å². The van der Waals surface area contributed by atoms with Crippen LogP contribution < -0.4 is 0 Å². The van der Waals surface area contributed by atoms with Gasteiger partial charge in [0.05, 0.1) is 10.8 Å². The summed E-state index contributed by atoms with van der Waals surface area (Å²) < 4.78 is 80.9. The van der Waals surface area contributed by atoms with Crippen molar-refractivity contribution in [3.63, 3.8) is 0 Å². The van der Waals surface area contributed by atoms with Crippen molar-refractivity contribution >= 4 is 10.8 Å². The van der Waals surface area contributed by atoms with E-state index in [-0.39, 0.29) is 6.07 Å². The maximum absolute atomic E-state index is 13.9. The smallest absolute Gasteiger partial charge is 0.170 e. The molecule has 0 unspecified atom stereocenters. The molecule has 100 valence electrons. The van der Waals surface area contributed by atoms with Crippen LogP contribution in [0.5, 0.6) is 0 Å². The summed E-state index contributed by atoms with van der Waals surface area (Å²) in [5.41, 5.74) is -0.787. The molecule has 2 aromatic rings. The van der Waals surface area contributed by atoms with Gasteiger partial charge in [0.2, 0.25) is 0 Å². The van der Waals surface area contributed by atoms with Crippen molar-refractivity contribution in [2.24, 2.45) is 0 Å². The highest BCUT2D eigenvalue weighted by Gasteiger charge is 2.26. The molecule has 19 heavy (non-hydrogen) atoms. The summed E-state index contributed by atoms with van der Waals surface area (Å²) in [5.74, 6) is -10.0. The lowest BCUT2D eigenvalue weighted by Gasteiger charge is -2.11. The summed E-state index contributed by atoms with van der Waals surface area (Å²) in [5, 5.41) is -2.49. The van der Waals surface area contributed by atoms with E-state index < -0.39 is 57.7 Å². The zero-order valence-electron chi connectivity index (χ0n) is 9.34. The van der Waals surface area contributed by atoms with Gasteiger partial charge in [-0.25, -0.2) is 26.3 Å². The molecule has 0 aliphatic carbocycles. The molecule has 0 N–H and O–H groups in total. The van der Waals surface area contributed by atoms with Gasteiger partial charge in [-0.1, -0.05) is 0 Å². The predicted octanol–water partition coefficient (Wildman–Crippen LogP) is 4.26. The van der Waals surface area contributed by atoms with Crippen LogP contribution in [-0.2, 0) is 6.42 Å². The second-order valence-electron chi connectivity index (χ2n) is 3.82. The minimum Gasteiger partial charge on any atom is -0.206 e. The van der Waals surface area contributed by atoms with Gasteiger partial charge in [0.1, 0.15) is 11.6 Å². The standard InChI is InChI=1S/C13H6F6/c1-2-3-5-10(16)8-6(14)4-7(15)12(18)9(8)13(19)11(5)17/h2,4H,1,3H2. The molecule has 2 rings (SSSR count). The van der Waals surface area contributed by atoms with Crippen LogP contribution in [0.3, 0.4) is 0 Å². The molecular formula is C13H6F6. The van der Waals surface area contributed by atoms with Crippen molar-refractivity contribution in [2.75, 3.05) is 0 Å². The van der Waals surface area contributed by atoms with E-state index in [0.717, 1.165) is 6.42 Å². The van der Waals surface area contributed by atoms with Gasteiger partial charge in [-0.15, -0.1) is 0 Å². The number of fused-ring (bicyclic) bond motifs is 1. The molecule has 0 atom stereocenters. The average Bonchev–Trinajstić information content (AvgIpc) is 2.36. The van der Waals surface area contributed by atoms with E-state index in [9.17, 15) is 26.3 Å². The normalized spacial score (nSPS) is 11.3. The van der Waals surface area contributed by atoms with E-state index >= 15 is 0 Å². The van der Waals surface area contributed by atoms with Crippen LogP contribution in [-0.4, -0.2) is 0 Å². The zero-order valence-corrected chi connectivity index (χ0v) is 9.34. The Morgan fingerprint density at radius 1 is 0.789 bits per heavy atom. The molecule has 0 aromatic heterocycles. The Morgan fingerprint density at radius 2 is 1.42 bits per heavy atom. The van der Waals surface area contributed by atoms with Crippen LogP contribution in [0.25, 0.3) is 10.8 Å². The third-order valence-corrected chi connectivity index (χ3v) is 2.68. The summed E-state index contributed by atoms with van der Waals surface area (Å²) in [4.78, 5) is 0. The molecule has 0 aliphatic heterocycles. The fourth-order valence-corrected chi connectivity index (χ4v) is 1.83. The SMILES string of the molecule is [CH2][CH]Cc1c(F)c(F)c2c(F)c(F)cc(F)c2c1F. The first-order valence-corrected chi connectivity index (χ1v) is 5.13. The monoisotopic (exact) mass is 276 g/mol. The van der Waals surface area contributed by atoms with Gasteiger partial charge in [-0.05, 0) is 19.8 Å². The molecule has 0 amide bonds. The van der Waals surface area contributed by atoms with Crippen molar-refractivity contribution in [2.45, 2.75) is 6.42 Å². The number of hydrogen-bond donors (Lipinski definition) is 0. The van der Waals surface area contributed by atoms with E-state index in [2.05, 4.69) is 6.92 Å². The lowest BCUT2D eigenvalue weighted by atomic mass is 10.0. The second kappa shape index (κ2) is 4.75. The summed E-state index contributed by atoms with van der Waals surface area (Å²) in [6.07, 6.45) is 0.660. The van der Waals surface area contributed by atoms with E-state index in [0.29, 0.717) is 0 Å². The highest BCUT2D eigenvalue weighted by atomic mass is 19.2. The van der Waals surface area contributed by atoms with E-state index in [4.69, 9.17) is 0 Å². The number of benzene rings is 2. The lowest BCUT2D eigenvalue weighted by molar-refractivity contribution is 0.471. The maximum atomic E-state index is 13.9. The Hall–Kier alpha value is -1.72. The first-order valence-electron chi connectivity index (χ1n) is 5.13. The molecule has 2 radical (unpaired) electrons. The van der Waals surface area contributed by atoms with Crippen LogP contribution in [0.15, 0.2) is 6.07 Å². The van der Waals surface area contributed by atoms with Crippen LogP contribution in [0.4, 0.5) is 26.3 Å². The number of hydrogen-bond acceptors (Lipinski definition) is 0. The molecule has 0 bridgehead atoms. The minimum absolute atomic E-state index is 0.0791. The summed E-state index contributed by atoms with van der Waals surface area (Å²) >= 11 is 0. The Balaban J connectivity index is 3.02. The van der Waals surface area contributed by atoms with Crippen LogP contribution in [0.1, 0.15) is 5.56 Å². The Labute approximate surface area is 104 Å². The van der Waals surface area contributed by atoms with Crippen LogP contribution in [0.2, 0.25) is 0 Å². The molecule has 6 heteroatoms. The fourth-order valence-electron chi connectivity index (χ4n) is 1.83. The van der Waals surface area contributed by atoms with Gasteiger partial charge in [0.25, 0.3) is 0 Å². The summed E-state index contributed by atoms with van der Waals surface area (Å²) in [6, 6.07) is 0.0791. The summed E-state index contributed by atoms with van der Waals surface area (Å²) in [6.45, 7) is 3.22. The second-order valence-corrected chi connectivity index (χ2v) is 3.82. The fraction of sp³-hybridized carbons (Fsp3) is 0.0769. The Morgan fingerprint density at radius 3 is 2.00 bits per heavy atom. The number of halogens is 6. The first kappa shape index (κ1) is 13.7. The van der Waals surface area contributed by atoms with Crippen molar-refractivity contribution in [1.82, 2.24) is 0 Å². The average molecular weight is 276 g/mol. The largest absolute Gasteiger partial charge is 0.206 e. The highest BCUT2D eigenvalue weighted by Crippen LogP contribution is 2.33. The first-order chi connectivity index (χ1) is 8.90. The molecule has 0 heterocycles. The van der Waals surface area contributed by atoms with Gasteiger partial charge < -0.3 is 0 Å². The zero-order chi connectivity index (χ0) is 14.3. The molecule has 0 fully saturated rings. The molecule has 0 nitrogen and oxygen atoms in total. The third kappa shape index (κ3) is 1.95. The van der Waals surface area contributed by atoms with Gasteiger partial charge >= 0.3 is 0 Å². The molecule has 2 aromatic carbocycles. The van der Waals surface area contributed by atoms with Crippen molar-refractivity contribution in [3.8, 4) is 0 Å². The Kier molecular flexibility index (Phi) is 3.43. The van der Waals surface area contributed by atoms with Gasteiger partial charge in [0, 0.05) is 11.6 Å². The quantitative estimate of drug-likeness (QED) is 0.568. The minimum atomic E-state index is -1.84. The Bertz CT molecular complexity index is 662. The predicted molar refractivity (Wildman–Crippen MR) is 57.1 cm³/mol. The topological polar surface area (TPSA) is 0 Å². The molecule has 0 aliphatic rings. The molecular weight excluding hydrogens is 270 g/mol. The molecule has 0 spiro atoms. The van der Waals surface area contributed by atoms with Crippen molar-refractivity contribution in [1.29, 1.82) is 0 Å². The highest BCUT2D eigenvalue weighted by molar-refractivity contribution is 5.86. The summed E-state index contributed by atoms with van der Waals surface area (Å²) in [7, 11) is 0. The molecule has 0 saturated carbocycles. The van der Waals surface area contributed by atoms with E-state index in [1.807, 2.05) is 0 Å².